The number of hydrogen-bond donors (Lipinski definition) is 0. The van der Waals surface area contributed by atoms with E-state index >= 15 is 0 Å². The molecule has 3 heteroatoms. The molecule has 0 saturated heterocycles. The van der Waals surface area contributed by atoms with E-state index in [1.165, 1.54) is 4.90 Å². The van der Waals surface area contributed by atoms with Crippen molar-refractivity contribution in [3.63, 3.8) is 0 Å². The molecule has 0 heterocycles. The fourth-order valence-corrected chi connectivity index (χ4v) is 3.21. The average molecular weight is 300 g/mol. The summed E-state index contributed by atoms with van der Waals surface area (Å²) in [6, 6.07) is 16.1. The number of methoxy groups -OCH3 is 2. The van der Waals surface area contributed by atoms with Gasteiger partial charge in [-0.1, -0.05) is 24.1 Å². The Morgan fingerprint density at radius 3 is 1.95 bits per heavy atom. The molecule has 0 spiro atoms. The van der Waals surface area contributed by atoms with E-state index in [0.29, 0.717) is 0 Å². The van der Waals surface area contributed by atoms with E-state index in [1.807, 2.05) is 24.3 Å². The molecule has 0 saturated carbocycles. The summed E-state index contributed by atoms with van der Waals surface area (Å²) < 4.78 is 10.5. The third-order valence-electron chi connectivity index (χ3n) is 3.13. The van der Waals surface area contributed by atoms with Gasteiger partial charge >= 0.3 is 0 Å². The van der Waals surface area contributed by atoms with E-state index in [-0.39, 0.29) is 0 Å². The molecule has 2 rings (SSSR count). The highest BCUT2D eigenvalue weighted by Gasteiger charge is 2.10. The molecule has 0 atom stereocenters. The minimum absolute atomic E-state index is 0.756. The summed E-state index contributed by atoms with van der Waals surface area (Å²) in [4.78, 5) is 1.28. The molecule has 0 fully saturated rings. The maximum atomic E-state index is 5.27. The summed E-state index contributed by atoms with van der Waals surface area (Å²) >= 11 is 0. The van der Waals surface area contributed by atoms with E-state index in [1.54, 1.807) is 14.2 Å². The maximum absolute atomic E-state index is 5.27. The van der Waals surface area contributed by atoms with Crippen molar-refractivity contribution >= 4 is 10.0 Å². The predicted octanol–water partition coefficient (Wildman–Crippen LogP) is 4.14. The second-order valence-corrected chi connectivity index (χ2v) is 8.30. The van der Waals surface area contributed by atoms with Crippen molar-refractivity contribution in [2.45, 2.75) is 4.90 Å². The highest BCUT2D eigenvalue weighted by Crippen LogP contribution is 2.47. The van der Waals surface area contributed by atoms with Gasteiger partial charge in [-0.3, -0.25) is 0 Å². The quantitative estimate of drug-likeness (QED) is 0.793. The molecule has 21 heavy (non-hydrogen) atoms. The van der Waals surface area contributed by atoms with Gasteiger partial charge in [0, 0.05) is 16.5 Å². The van der Waals surface area contributed by atoms with Crippen molar-refractivity contribution in [3.8, 4) is 22.7 Å². The molecule has 2 aromatic rings. The SMILES string of the molecule is COc1cc(C#CS(C)(C)c2ccccc2)cc(OC)c1. The Morgan fingerprint density at radius 1 is 0.857 bits per heavy atom. The molecule has 0 aliphatic heterocycles. The summed E-state index contributed by atoms with van der Waals surface area (Å²) in [6.07, 6.45) is 4.40. The molecule has 2 aromatic carbocycles. The van der Waals surface area contributed by atoms with Crippen LogP contribution in [0.4, 0.5) is 0 Å². The largest absolute Gasteiger partial charge is 0.497 e. The second kappa shape index (κ2) is 6.60. The van der Waals surface area contributed by atoms with Crippen LogP contribution in [0.3, 0.4) is 0 Å². The first kappa shape index (κ1) is 15.3. The van der Waals surface area contributed by atoms with Crippen molar-refractivity contribution in [2.75, 3.05) is 26.7 Å². The first-order valence-electron chi connectivity index (χ1n) is 6.59. The van der Waals surface area contributed by atoms with Crippen LogP contribution in [0.5, 0.6) is 11.5 Å². The maximum Gasteiger partial charge on any atom is 0.123 e. The Morgan fingerprint density at radius 2 is 1.43 bits per heavy atom. The van der Waals surface area contributed by atoms with Gasteiger partial charge in [0.1, 0.15) is 11.5 Å². The van der Waals surface area contributed by atoms with Crippen LogP contribution in [0, 0.1) is 11.2 Å². The molecule has 0 aromatic heterocycles. The number of ether oxygens (including phenoxy) is 2. The van der Waals surface area contributed by atoms with Gasteiger partial charge in [0.05, 0.1) is 14.2 Å². The Bertz CT molecular complexity index is 644. The van der Waals surface area contributed by atoms with Crippen LogP contribution in [0.1, 0.15) is 5.56 Å². The Hall–Kier alpha value is -2.05. The van der Waals surface area contributed by atoms with Crippen molar-refractivity contribution < 1.29 is 9.47 Å². The molecule has 0 aliphatic rings. The summed E-state index contributed by atoms with van der Waals surface area (Å²) in [5, 5.41) is 3.42. The van der Waals surface area contributed by atoms with Crippen LogP contribution in [-0.2, 0) is 0 Å². The smallest absolute Gasteiger partial charge is 0.123 e. The third-order valence-corrected chi connectivity index (χ3v) is 5.20. The highest BCUT2D eigenvalue weighted by atomic mass is 32.3. The topological polar surface area (TPSA) is 18.5 Å². The van der Waals surface area contributed by atoms with Crippen LogP contribution in [0.25, 0.3) is 0 Å². The lowest BCUT2D eigenvalue weighted by molar-refractivity contribution is 0.394. The van der Waals surface area contributed by atoms with Gasteiger partial charge < -0.3 is 9.47 Å². The fraction of sp³-hybridized carbons (Fsp3) is 0.222. The lowest BCUT2D eigenvalue weighted by atomic mass is 10.2. The van der Waals surface area contributed by atoms with E-state index in [2.05, 4.69) is 47.9 Å². The molecule has 0 N–H and O–H groups in total. The van der Waals surface area contributed by atoms with Crippen molar-refractivity contribution in [1.82, 2.24) is 0 Å². The van der Waals surface area contributed by atoms with Gasteiger partial charge in [-0.2, -0.15) is 10.0 Å². The predicted molar refractivity (Wildman–Crippen MR) is 90.6 cm³/mol. The second-order valence-electron chi connectivity index (χ2n) is 4.97. The van der Waals surface area contributed by atoms with Crippen molar-refractivity contribution in [3.05, 3.63) is 54.1 Å². The zero-order valence-corrected chi connectivity index (χ0v) is 13.7. The molecular weight excluding hydrogens is 280 g/mol. The van der Waals surface area contributed by atoms with E-state index in [4.69, 9.17) is 9.47 Å². The number of hydrogen-bond acceptors (Lipinski definition) is 2. The normalized spacial score (nSPS) is 11.2. The zero-order valence-electron chi connectivity index (χ0n) is 12.8. The molecule has 0 aliphatic carbocycles. The van der Waals surface area contributed by atoms with Crippen LogP contribution < -0.4 is 9.47 Å². The Kier molecular flexibility index (Phi) is 4.82. The van der Waals surface area contributed by atoms with Crippen molar-refractivity contribution in [2.24, 2.45) is 0 Å². The summed E-state index contributed by atoms with van der Waals surface area (Å²) in [5.74, 6) is 4.77. The van der Waals surface area contributed by atoms with Crippen LogP contribution in [0.2, 0.25) is 0 Å². The van der Waals surface area contributed by atoms with Crippen LogP contribution >= 0.6 is 10.0 Å². The molecule has 0 unspecified atom stereocenters. The molecule has 0 bridgehead atoms. The van der Waals surface area contributed by atoms with Gasteiger partial charge in [-0.05, 0) is 42.0 Å². The first-order chi connectivity index (χ1) is 10.0. The molecule has 0 amide bonds. The zero-order chi connectivity index (χ0) is 15.3. The molecule has 110 valence electrons. The van der Waals surface area contributed by atoms with Gasteiger partial charge in [-0.25, -0.2) is 0 Å². The van der Waals surface area contributed by atoms with Crippen LogP contribution in [-0.4, -0.2) is 26.7 Å². The molecule has 2 nitrogen and oxygen atoms in total. The summed E-state index contributed by atoms with van der Waals surface area (Å²) in [6.45, 7) is 0. The van der Waals surface area contributed by atoms with E-state index < -0.39 is 10.0 Å². The van der Waals surface area contributed by atoms with E-state index in [9.17, 15) is 0 Å². The highest BCUT2D eigenvalue weighted by molar-refractivity contribution is 8.36. The monoisotopic (exact) mass is 300 g/mol. The van der Waals surface area contributed by atoms with Gasteiger partial charge in [0.2, 0.25) is 0 Å². The lowest BCUT2D eigenvalue weighted by Crippen LogP contribution is -1.93. The number of benzene rings is 2. The standard InChI is InChI=1S/C18H20O2S/c1-19-16-12-15(13-17(14-16)20-2)10-11-21(3,4)18-8-6-5-7-9-18/h5-9,12-14H,1-4H3. The number of rotatable bonds is 3. The van der Waals surface area contributed by atoms with E-state index in [0.717, 1.165) is 17.1 Å². The van der Waals surface area contributed by atoms with Gasteiger partial charge in [0.25, 0.3) is 0 Å². The summed E-state index contributed by atoms with van der Waals surface area (Å²) in [5.41, 5.74) is 0.905. The Balaban J connectivity index is 2.34. The lowest BCUT2D eigenvalue weighted by Gasteiger charge is -2.24. The summed E-state index contributed by atoms with van der Waals surface area (Å²) in [7, 11) is 2.15. The molecule has 0 radical (unpaired) electrons. The van der Waals surface area contributed by atoms with Crippen LogP contribution in [0.15, 0.2) is 53.4 Å². The molecular formula is C18H20O2S. The Labute approximate surface area is 128 Å². The van der Waals surface area contributed by atoms with Gasteiger partial charge in [-0.15, -0.1) is 0 Å². The first-order valence-corrected chi connectivity index (χ1v) is 9.04. The van der Waals surface area contributed by atoms with Gasteiger partial charge in [0.15, 0.2) is 0 Å². The minimum atomic E-state index is -1.14. The van der Waals surface area contributed by atoms with Crippen molar-refractivity contribution in [1.29, 1.82) is 0 Å². The third kappa shape index (κ3) is 3.96. The minimum Gasteiger partial charge on any atom is -0.497 e. The average Bonchev–Trinajstić information content (AvgIpc) is 2.53. The fourth-order valence-electron chi connectivity index (χ4n) is 1.89.